The third kappa shape index (κ3) is 8.66. The van der Waals surface area contributed by atoms with Crippen LogP contribution in [0.15, 0.2) is 218 Å². The normalized spacial score (nSPS) is 10.9. The number of aromatic nitrogens is 6. The van der Waals surface area contributed by atoms with E-state index in [1.54, 1.807) is 36.4 Å². The van der Waals surface area contributed by atoms with Crippen LogP contribution in [0.1, 0.15) is 11.1 Å². The lowest BCUT2D eigenvalue weighted by Gasteiger charge is -2.17. The van der Waals surface area contributed by atoms with Crippen molar-refractivity contribution in [3.05, 3.63) is 252 Å². The highest BCUT2D eigenvalue weighted by Crippen LogP contribution is 2.42. The summed E-state index contributed by atoms with van der Waals surface area (Å²) in [6.07, 6.45) is 0. The predicted molar refractivity (Wildman–Crippen MR) is 295 cm³/mol. The number of nitriles is 2. The SMILES string of the molecule is [C-]#[N+]c1cc(C#N)cc(-c2ccc3c4ccc(-c5cc(C#N)cc([N+]#[C-])c5)cc4n(-c4ccc(-c5nc(-c6ccccc6)nc(-c6ccccc6)n5)cc4-c4nc(-c5ccccc5)cc(-c5ccccc5)n4)c3c2)c1. The maximum atomic E-state index is 10.0. The molecule has 0 bridgehead atoms. The Morgan fingerprint density at radius 3 is 1.19 bits per heavy atom. The minimum absolute atomic E-state index is 0.361. The van der Waals surface area contributed by atoms with Gasteiger partial charge in [-0.2, -0.15) is 10.5 Å². The minimum Gasteiger partial charge on any atom is -0.308 e. The van der Waals surface area contributed by atoms with E-state index in [0.717, 1.165) is 83.4 Å². The second-order valence-electron chi connectivity index (χ2n) is 17.7. The molecule has 0 aliphatic heterocycles. The Labute approximate surface area is 431 Å². The Hall–Kier alpha value is -11.2. The highest BCUT2D eigenvalue weighted by atomic mass is 15.0. The van der Waals surface area contributed by atoms with E-state index in [1.807, 2.05) is 146 Å². The Morgan fingerprint density at radius 1 is 0.347 bits per heavy atom. The molecule has 0 amide bonds. The van der Waals surface area contributed by atoms with Crippen LogP contribution in [0.4, 0.5) is 11.4 Å². The summed E-state index contributed by atoms with van der Waals surface area (Å²) in [6.45, 7) is 15.7. The van der Waals surface area contributed by atoms with E-state index >= 15 is 0 Å². The second-order valence-corrected chi connectivity index (χ2v) is 17.7. The van der Waals surface area contributed by atoms with Gasteiger partial charge >= 0.3 is 0 Å². The fourth-order valence-electron chi connectivity index (χ4n) is 9.52. The highest BCUT2D eigenvalue weighted by Gasteiger charge is 2.23. The van der Waals surface area contributed by atoms with Crippen molar-refractivity contribution in [2.45, 2.75) is 0 Å². The molecule has 0 atom stereocenters. The van der Waals surface area contributed by atoms with Gasteiger partial charge in [0.15, 0.2) is 34.7 Å². The van der Waals surface area contributed by atoms with E-state index in [9.17, 15) is 10.5 Å². The molecular formula is C65H36N10. The maximum Gasteiger partial charge on any atom is 0.189 e. The van der Waals surface area contributed by atoms with E-state index in [-0.39, 0.29) is 0 Å². The van der Waals surface area contributed by atoms with Gasteiger partial charge in [0.25, 0.3) is 0 Å². The molecule has 0 aliphatic carbocycles. The zero-order valence-electron chi connectivity index (χ0n) is 39.8. The molecule has 3 aromatic heterocycles. The van der Waals surface area contributed by atoms with E-state index in [0.29, 0.717) is 56.9 Å². The van der Waals surface area contributed by atoms with Crippen LogP contribution in [0.25, 0.3) is 128 Å². The summed E-state index contributed by atoms with van der Waals surface area (Å²) in [5.41, 5.74) is 13.2. The van der Waals surface area contributed by atoms with Gasteiger partial charge in [0.1, 0.15) is 0 Å². The Bertz CT molecular complexity index is 4080. The lowest BCUT2D eigenvalue weighted by molar-refractivity contribution is 1.07. The quantitative estimate of drug-likeness (QED) is 0.132. The third-order valence-electron chi connectivity index (χ3n) is 13.1. The second kappa shape index (κ2) is 19.2. The first-order valence-corrected chi connectivity index (χ1v) is 23.9. The van der Waals surface area contributed by atoms with Crippen molar-refractivity contribution < 1.29 is 0 Å². The van der Waals surface area contributed by atoms with E-state index in [1.165, 1.54) is 0 Å². The lowest BCUT2D eigenvalue weighted by Crippen LogP contribution is -2.04. The molecule has 75 heavy (non-hydrogen) atoms. The van der Waals surface area contributed by atoms with Crippen LogP contribution in [-0.4, -0.2) is 29.5 Å². The fourth-order valence-corrected chi connectivity index (χ4v) is 9.52. The van der Waals surface area contributed by atoms with Crippen LogP contribution >= 0.6 is 0 Å². The Kier molecular flexibility index (Phi) is 11.5. The van der Waals surface area contributed by atoms with Crippen molar-refractivity contribution in [1.29, 1.82) is 10.5 Å². The van der Waals surface area contributed by atoms with Crippen molar-refractivity contribution in [3.8, 4) is 108 Å². The standard InChI is InChI=1S/C65H36N10/c1-68-52-31-41(39-66)29-50(33-52)47-23-26-54-55-27-24-48(51-30-42(40-67)32-53(34-51)69-2)37-61(55)75(60(54)36-47)59-28-25-49(64-73-62(45-19-11-5-12-20-45)72-63(74-64)46-21-13-6-14-22-46)35-56(59)65-70-57(43-15-7-3-8-16-43)38-58(71-65)44-17-9-4-10-18-44/h3-38H. The van der Waals surface area contributed by atoms with Gasteiger partial charge in [0.2, 0.25) is 0 Å². The van der Waals surface area contributed by atoms with Gasteiger partial charge in [-0.3, -0.25) is 0 Å². The molecule has 0 radical (unpaired) electrons. The summed E-state index contributed by atoms with van der Waals surface area (Å²) in [5.74, 6) is 1.93. The molecular weight excluding hydrogens is 921 g/mol. The molecule has 12 rings (SSSR count). The van der Waals surface area contributed by atoms with Crippen LogP contribution < -0.4 is 0 Å². The minimum atomic E-state index is 0.361. The summed E-state index contributed by atoms with van der Waals surface area (Å²) in [7, 11) is 0. The number of rotatable bonds is 9. The van der Waals surface area contributed by atoms with Gasteiger partial charge in [-0.25, -0.2) is 34.6 Å². The zero-order valence-corrected chi connectivity index (χ0v) is 39.8. The van der Waals surface area contributed by atoms with E-state index < -0.39 is 0 Å². The number of hydrogen-bond acceptors (Lipinski definition) is 7. The zero-order chi connectivity index (χ0) is 50.8. The first-order valence-electron chi connectivity index (χ1n) is 23.9. The molecule has 12 aromatic rings. The van der Waals surface area contributed by atoms with Gasteiger partial charge in [-0.05, 0) is 95.1 Å². The molecule has 3 heterocycles. The van der Waals surface area contributed by atoms with Crippen molar-refractivity contribution in [1.82, 2.24) is 29.5 Å². The Morgan fingerprint density at radius 2 is 0.760 bits per heavy atom. The number of hydrogen-bond donors (Lipinski definition) is 0. The first-order chi connectivity index (χ1) is 36.9. The molecule has 0 N–H and O–H groups in total. The molecule has 10 nitrogen and oxygen atoms in total. The van der Waals surface area contributed by atoms with Crippen LogP contribution in [0.5, 0.6) is 0 Å². The average Bonchev–Trinajstić information content (AvgIpc) is 3.82. The molecule has 0 unspecified atom stereocenters. The van der Waals surface area contributed by atoms with Crippen LogP contribution in [0.3, 0.4) is 0 Å². The topological polar surface area (TPSA) is 126 Å². The van der Waals surface area contributed by atoms with Gasteiger partial charge in [0, 0.05) is 55.3 Å². The molecule has 346 valence electrons. The van der Waals surface area contributed by atoms with Crippen molar-refractivity contribution in [3.63, 3.8) is 0 Å². The van der Waals surface area contributed by atoms with Crippen LogP contribution in [0.2, 0.25) is 0 Å². The van der Waals surface area contributed by atoms with Crippen molar-refractivity contribution >= 4 is 33.2 Å². The summed E-state index contributed by atoms with van der Waals surface area (Å²) < 4.78 is 2.20. The number of benzene rings is 9. The predicted octanol–water partition coefficient (Wildman–Crippen LogP) is 15.9. The summed E-state index contributed by atoms with van der Waals surface area (Å²) >= 11 is 0. The van der Waals surface area contributed by atoms with E-state index in [4.69, 9.17) is 38.1 Å². The average molecular weight is 957 g/mol. The Balaban J connectivity index is 1.19. The van der Waals surface area contributed by atoms with Crippen LogP contribution in [-0.2, 0) is 0 Å². The molecule has 0 fully saturated rings. The van der Waals surface area contributed by atoms with Crippen molar-refractivity contribution in [2.24, 2.45) is 0 Å². The first kappa shape index (κ1) is 45.0. The van der Waals surface area contributed by atoms with E-state index in [2.05, 4.69) is 62.8 Å². The van der Waals surface area contributed by atoms with Gasteiger partial charge in [-0.15, -0.1) is 0 Å². The fraction of sp³-hybridized carbons (Fsp3) is 0. The maximum absolute atomic E-state index is 10.0. The lowest BCUT2D eigenvalue weighted by atomic mass is 9.99. The monoisotopic (exact) mass is 956 g/mol. The number of fused-ring (bicyclic) bond motifs is 3. The van der Waals surface area contributed by atoms with Gasteiger partial charge < -0.3 is 4.57 Å². The van der Waals surface area contributed by atoms with Gasteiger partial charge in [0.05, 0.1) is 53.4 Å². The number of nitrogens with zero attached hydrogens (tertiary/aromatic N) is 10. The summed E-state index contributed by atoms with van der Waals surface area (Å²) in [6, 6.07) is 75.1. The smallest absolute Gasteiger partial charge is 0.189 e. The molecule has 0 saturated carbocycles. The van der Waals surface area contributed by atoms with Gasteiger partial charge in [-0.1, -0.05) is 146 Å². The van der Waals surface area contributed by atoms with Crippen molar-refractivity contribution in [2.75, 3.05) is 0 Å². The largest absolute Gasteiger partial charge is 0.308 e. The third-order valence-corrected chi connectivity index (χ3v) is 13.1. The molecule has 0 aliphatic rings. The molecule has 10 heteroatoms. The molecule has 0 spiro atoms. The molecule has 9 aromatic carbocycles. The summed E-state index contributed by atoms with van der Waals surface area (Å²) in [4.78, 5) is 33.5. The summed E-state index contributed by atoms with van der Waals surface area (Å²) in [5, 5.41) is 21.9. The molecule has 0 saturated heterocycles. The van der Waals surface area contributed by atoms with Crippen LogP contribution in [0, 0.1) is 35.8 Å². The highest BCUT2D eigenvalue weighted by molar-refractivity contribution is 6.12.